The van der Waals surface area contributed by atoms with E-state index in [1.165, 1.54) is 19.3 Å². The standard InChI is InChI=1S/C13H16ClFN2/c14-12-5-4-11(6-13(12)15)17-7-9-2-1-3-10(8-17)16-9/h4-6,9-10,16H,1-3,7-8H2. The Balaban J connectivity index is 1.81. The van der Waals surface area contributed by atoms with E-state index < -0.39 is 0 Å². The summed E-state index contributed by atoms with van der Waals surface area (Å²) in [5, 5.41) is 3.82. The summed E-state index contributed by atoms with van der Waals surface area (Å²) in [5.41, 5.74) is 0.949. The highest BCUT2D eigenvalue weighted by molar-refractivity contribution is 6.30. The van der Waals surface area contributed by atoms with Crippen LogP contribution >= 0.6 is 11.6 Å². The summed E-state index contributed by atoms with van der Waals surface area (Å²) in [4.78, 5) is 2.27. The van der Waals surface area contributed by atoms with Crippen molar-refractivity contribution < 1.29 is 4.39 Å². The van der Waals surface area contributed by atoms with Crippen molar-refractivity contribution in [1.29, 1.82) is 0 Å². The first-order valence-electron chi connectivity index (χ1n) is 6.18. The molecule has 3 rings (SSSR count). The highest BCUT2D eigenvalue weighted by Gasteiger charge is 2.29. The summed E-state index contributed by atoms with van der Waals surface area (Å²) in [6, 6.07) is 6.21. The van der Waals surface area contributed by atoms with Crippen LogP contribution < -0.4 is 10.2 Å². The molecule has 0 saturated carbocycles. The predicted molar refractivity (Wildman–Crippen MR) is 68.2 cm³/mol. The maximum atomic E-state index is 13.5. The highest BCUT2D eigenvalue weighted by atomic mass is 35.5. The van der Waals surface area contributed by atoms with Crippen LogP contribution in [-0.4, -0.2) is 25.2 Å². The van der Waals surface area contributed by atoms with Gasteiger partial charge in [-0.25, -0.2) is 4.39 Å². The monoisotopic (exact) mass is 254 g/mol. The summed E-state index contributed by atoms with van der Waals surface area (Å²) >= 11 is 5.71. The van der Waals surface area contributed by atoms with E-state index in [2.05, 4.69) is 10.2 Å². The quantitative estimate of drug-likeness (QED) is 0.829. The minimum Gasteiger partial charge on any atom is -0.368 e. The van der Waals surface area contributed by atoms with Crippen LogP contribution in [0.2, 0.25) is 5.02 Å². The molecule has 2 heterocycles. The number of rotatable bonds is 1. The van der Waals surface area contributed by atoms with E-state index in [9.17, 15) is 4.39 Å². The average molecular weight is 255 g/mol. The van der Waals surface area contributed by atoms with Crippen molar-refractivity contribution in [3.63, 3.8) is 0 Å². The van der Waals surface area contributed by atoms with Gasteiger partial charge >= 0.3 is 0 Å². The maximum Gasteiger partial charge on any atom is 0.143 e. The molecular weight excluding hydrogens is 239 g/mol. The molecule has 4 heteroatoms. The molecule has 0 spiro atoms. The van der Waals surface area contributed by atoms with Crippen molar-refractivity contribution in [2.75, 3.05) is 18.0 Å². The van der Waals surface area contributed by atoms with Gasteiger partial charge in [0.15, 0.2) is 0 Å². The molecule has 0 radical (unpaired) electrons. The topological polar surface area (TPSA) is 15.3 Å². The van der Waals surface area contributed by atoms with Crippen LogP contribution in [-0.2, 0) is 0 Å². The number of piperidine rings is 1. The van der Waals surface area contributed by atoms with E-state index in [1.54, 1.807) is 12.1 Å². The molecule has 2 nitrogen and oxygen atoms in total. The number of fused-ring (bicyclic) bond motifs is 2. The minimum absolute atomic E-state index is 0.198. The molecule has 17 heavy (non-hydrogen) atoms. The first kappa shape index (κ1) is 11.3. The van der Waals surface area contributed by atoms with Gasteiger partial charge < -0.3 is 10.2 Å². The first-order chi connectivity index (χ1) is 8.22. The average Bonchev–Trinajstić information content (AvgIpc) is 2.32. The van der Waals surface area contributed by atoms with Gasteiger partial charge in [0.2, 0.25) is 0 Å². The lowest BCUT2D eigenvalue weighted by atomic mass is 9.94. The third kappa shape index (κ3) is 2.26. The van der Waals surface area contributed by atoms with E-state index in [4.69, 9.17) is 11.6 Å². The number of hydrogen-bond acceptors (Lipinski definition) is 2. The van der Waals surface area contributed by atoms with Gasteiger partial charge in [-0.3, -0.25) is 0 Å². The van der Waals surface area contributed by atoms with Gasteiger partial charge in [0.05, 0.1) is 5.02 Å². The van der Waals surface area contributed by atoms with Gasteiger partial charge in [0.1, 0.15) is 5.82 Å². The van der Waals surface area contributed by atoms with Gasteiger partial charge in [-0.15, -0.1) is 0 Å². The lowest BCUT2D eigenvalue weighted by molar-refractivity contribution is 0.283. The molecule has 0 aliphatic carbocycles. The molecule has 92 valence electrons. The van der Waals surface area contributed by atoms with Crippen molar-refractivity contribution in [2.24, 2.45) is 0 Å². The lowest BCUT2D eigenvalue weighted by Gasteiger charge is -2.43. The van der Waals surface area contributed by atoms with E-state index in [-0.39, 0.29) is 10.8 Å². The summed E-state index contributed by atoms with van der Waals surface area (Å²) in [5.74, 6) is -0.326. The van der Waals surface area contributed by atoms with E-state index in [0.717, 1.165) is 18.8 Å². The zero-order valence-electron chi connectivity index (χ0n) is 9.63. The Bertz CT molecular complexity index is 412. The molecule has 2 atom stereocenters. The fraction of sp³-hybridized carbons (Fsp3) is 0.538. The Morgan fingerprint density at radius 3 is 2.59 bits per heavy atom. The lowest BCUT2D eigenvalue weighted by Crippen LogP contribution is -2.58. The van der Waals surface area contributed by atoms with Crippen LogP contribution in [0.1, 0.15) is 19.3 Å². The molecule has 1 N–H and O–H groups in total. The molecule has 2 saturated heterocycles. The zero-order valence-corrected chi connectivity index (χ0v) is 10.4. The van der Waals surface area contributed by atoms with Crippen molar-refractivity contribution in [2.45, 2.75) is 31.3 Å². The van der Waals surface area contributed by atoms with Crippen molar-refractivity contribution in [3.05, 3.63) is 29.0 Å². The first-order valence-corrected chi connectivity index (χ1v) is 6.56. The SMILES string of the molecule is Fc1cc(N2CC3CCCC(C2)N3)ccc1Cl. The normalized spacial score (nSPS) is 28.2. The predicted octanol–water partition coefficient (Wildman–Crippen LogP) is 2.81. The Labute approximate surface area is 106 Å². The van der Waals surface area contributed by atoms with Gasteiger partial charge in [-0.05, 0) is 31.0 Å². The Morgan fingerprint density at radius 2 is 1.94 bits per heavy atom. The van der Waals surface area contributed by atoms with E-state index in [1.807, 2.05) is 6.07 Å². The number of piperazine rings is 1. The fourth-order valence-electron chi connectivity index (χ4n) is 2.90. The Hall–Kier alpha value is -0.800. The molecule has 2 aliphatic rings. The third-order valence-corrected chi connectivity index (χ3v) is 4.03. The summed E-state index contributed by atoms with van der Waals surface area (Å²) < 4.78 is 13.5. The Kier molecular flexibility index (Phi) is 2.97. The number of nitrogens with one attached hydrogen (secondary N) is 1. The fourth-order valence-corrected chi connectivity index (χ4v) is 3.02. The van der Waals surface area contributed by atoms with Gasteiger partial charge in [0.25, 0.3) is 0 Å². The molecule has 2 fully saturated rings. The molecule has 0 aromatic heterocycles. The van der Waals surface area contributed by atoms with Crippen molar-refractivity contribution in [3.8, 4) is 0 Å². The number of halogens is 2. The molecule has 1 aromatic carbocycles. The molecule has 2 aliphatic heterocycles. The summed E-state index contributed by atoms with van der Waals surface area (Å²) in [6.07, 6.45) is 3.76. The van der Waals surface area contributed by atoms with Crippen LogP contribution in [0.25, 0.3) is 0 Å². The Morgan fingerprint density at radius 1 is 1.24 bits per heavy atom. The molecule has 2 unspecified atom stereocenters. The number of hydrogen-bond donors (Lipinski definition) is 1. The number of anilines is 1. The number of nitrogens with zero attached hydrogens (tertiary/aromatic N) is 1. The van der Waals surface area contributed by atoms with Gasteiger partial charge in [-0.2, -0.15) is 0 Å². The second kappa shape index (κ2) is 4.46. The van der Waals surface area contributed by atoms with Crippen LogP contribution in [0.5, 0.6) is 0 Å². The molecular formula is C13H16ClFN2. The highest BCUT2D eigenvalue weighted by Crippen LogP contribution is 2.27. The zero-order chi connectivity index (χ0) is 11.8. The van der Waals surface area contributed by atoms with Crippen molar-refractivity contribution >= 4 is 17.3 Å². The second-order valence-corrected chi connectivity index (χ2v) is 5.40. The smallest absolute Gasteiger partial charge is 0.143 e. The summed E-state index contributed by atoms with van der Waals surface area (Å²) in [6.45, 7) is 1.94. The van der Waals surface area contributed by atoms with E-state index in [0.29, 0.717) is 12.1 Å². The summed E-state index contributed by atoms with van der Waals surface area (Å²) in [7, 11) is 0. The van der Waals surface area contributed by atoms with Gasteiger partial charge in [-0.1, -0.05) is 18.0 Å². The molecule has 2 bridgehead atoms. The minimum atomic E-state index is -0.326. The largest absolute Gasteiger partial charge is 0.368 e. The van der Waals surface area contributed by atoms with Crippen molar-refractivity contribution in [1.82, 2.24) is 5.32 Å². The van der Waals surface area contributed by atoms with Gasteiger partial charge in [0, 0.05) is 30.9 Å². The molecule has 1 aromatic rings. The van der Waals surface area contributed by atoms with Crippen LogP contribution in [0.3, 0.4) is 0 Å². The third-order valence-electron chi connectivity index (χ3n) is 3.73. The second-order valence-electron chi connectivity index (χ2n) is 4.99. The van der Waals surface area contributed by atoms with Crippen LogP contribution in [0.15, 0.2) is 18.2 Å². The van der Waals surface area contributed by atoms with E-state index >= 15 is 0 Å². The van der Waals surface area contributed by atoms with Crippen LogP contribution in [0, 0.1) is 5.82 Å². The van der Waals surface area contributed by atoms with Crippen LogP contribution in [0.4, 0.5) is 10.1 Å². The molecule has 0 amide bonds. The maximum absolute atomic E-state index is 13.5. The number of benzene rings is 1.